The summed E-state index contributed by atoms with van der Waals surface area (Å²) in [5.41, 5.74) is 7.90. The van der Waals surface area contributed by atoms with Crippen molar-refractivity contribution in [3.8, 4) is 6.01 Å². The van der Waals surface area contributed by atoms with Gasteiger partial charge in [-0.25, -0.2) is 4.79 Å². The first kappa shape index (κ1) is 33.0. The Balaban J connectivity index is 1.37. The van der Waals surface area contributed by atoms with Gasteiger partial charge in [-0.15, -0.1) is 0 Å². The Morgan fingerprint density at radius 1 is 0.907 bits per heavy atom. The predicted octanol–water partition coefficient (Wildman–Crippen LogP) is -0.204. The van der Waals surface area contributed by atoms with Crippen molar-refractivity contribution in [2.24, 2.45) is 0 Å². The SMILES string of the molecule is COCCOc1nc(N)c2[nH]c(=O)n(Cc3ccc(CNC(=O)CCC(=O)NCCOCCOCCC(=O)O)cc3)c2n1. The second kappa shape index (κ2) is 17.4. The molecule has 0 saturated carbocycles. The summed E-state index contributed by atoms with van der Waals surface area (Å²) in [6.07, 6.45) is 0.0105. The van der Waals surface area contributed by atoms with E-state index < -0.39 is 11.7 Å². The number of carbonyl (C=O) groups is 3. The maximum Gasteiger partial charge on any atom is 0.328 e. The molecule has 0 aliphatic heterocycles. The minimum absolute atomic E-state index is 0.0355. The zero-order valence-electron chi connectivity index (χ0n) is 23.9. The normalized spacial score (nSPS) is 11.0. The molecule has 1 aromatic carbocycles. The summed E-state index contributed by atoms with van der Waals surface area (Å²) in [5.74, 6) is -1.36. The van der Waals surface area contributed by atoms with Crippen molar-refractivity contribution in [1.82, 2.24) is 30.2 Å². The molecule has 0 aliphatic rings. The number of carboxylic acid groups (broad SMARTS) is 1. The summed E-state index contributed by atoms with van der Waals surface area (Å²) in [4.78, 5) is 58.2. The van der Waals surface area contributed by atoms with Crippen LogP contribution in [0.2, 0.25) is 0 Å². The van der Waals surface area contributed by atoms with Gasteiger partial charge in [0.2, 0.25) is 11.8 Å². The molecule has 0 spiro atoms. The summed E-state index contributed by atoms with van der Waals surface area (Å²) in [6, 6.07) is 7.39. The van der Waals surface area contributed by atoms with Crippen LogP contribution in [0.1, 0.15) is 30.4 Å². The fraction of sp³-hybridized carbons (Fsp3) is 0.481. The third-order valence-corrected chi connectivity index (χ3v) is 5.98. The van der Waals surface area contributed by atoms with Gasteiger partial charge >= 0.3 is 17.7 Å². The minimum atomic E-state index is -0.923. The van der Waals surface area contributed by atoms with Gasteiger partial charge in [0.25, 0.3) is 0 Å². The number of aromatic nitrogens is 4. The van der Waals surface area contributed by atoms with Crippen LogP contribution in [-0.2, 0) is 41.7 Å². The molecule has 0 saturated heterocycles. The minimum Gasteiger partial charge on any atom is -0.481 e. The van der Waals surface area contributed by atoms with Gasteiger partial charge in [0.15, 0.2) is 11.5 Å². The molecule has 0 aliphatic carbocycles. The van der Waals surface area contributed by atoms with Crippen LogP contribution in [0.3, 0.4) is 0 Å². The number of carbonyl (C=O) groups excluding carboxylic acids is 2. The second-order valence-corrected chi connectivity index (χ2v) is 9.26. The van der Waals surface area contributed by atoms with Crippen LogP contribution in [0.25, 0.3) is 11.2 Å². The highest BCUT2D eigenvalue weighted by atomic mass is 16.5. The van der Waals surface area contributed by atoms with E-state index in [1.54, 1.807) is 7.11 Å². The van der Waals surface area contributed by atoms with Crippen molar-refractivity contribution in [2.75, 3.05) is 59.0 Å². The number of amides is 2. The lowest BCUT2D eigenvalue weighted by atomic mass is 10.1. The van der Waals surface area contributed by atoms with E-state index in [0.29, 0.717) is 17.8 Å². The lowest BCUT2D eigenvalue weighted by Gasteiger charge is -2.09. The van der Waals surface area contributed by atoms with Crippen molar-refractivity contribution < 1.29 is 38.4 Å². The Bertz CT molecular complexity index is 1410. The zero-order valence-corrected chi connectivity index (χ0v) is 23.9. The predicted molar refractivity (Wildman–Crippen MR) is 153 cm³/mol. The van der Waals surface area contributed by atoms with Gasteiger partial charge in [-0.2, -0.15) is 9.97 Å². The Kier molecular flexibility index (Phi) is 13.4. The van der Waals surface area contributed by atoms with Gasteiger partial charge in [0.1, 0.15) is 12.1 Å². The number of carboxylic acids is 1. The number of nitrogens with zero attached hydrogens (tertiary/aromatic N) is 3. The Morgan fingerprint density at radius 3 is 2.28 bits per heavy atom. The number of nitrogens with one attached hydrogen (secondary N) is 3. The molecule has 6 N–H and O–H groups in total. The number of nitrogen functional groups attached to an aromatic ring is 1. The van der Waals surface area contributed by atoms with Gasteiger partial charge in [-0.3, -0.25) is 19.0 Å². The van der Waals surface area contributed by atoms with Gasteiger partial charge < -0.3 is 45.4 Å². The highest BCUT2D eigenvalue weighted by molar-refractivity contribution is 5.83. The van der Waals surface area contributed by atoms with E-state index in [2.05, 4.69) is 25.6 Å². The van der Waals surface area contributed by atoms with E-state index in [0.717, 1.165) is 11.1 Å². The quantitative estimate of drug-likeness (QED) is 0.106. The molecular formula is C27H37N7O9. The molecule has 2 heterocycles. The number of hydrogen-bond donors (Lipinski definition) is 5. The molecule has 0 radical (unpaired) electrons. The van der Waals surface area contributed by atoms with Gasteiger partial charge in [-0.1, -0.05) is 24.3 Å². The van der Waals surface area contributed by atoms with Crippen molar-refractivity contribution in [1.29, 1.82) is 0 Å². The fourth-order valence-electron chi connectivity index (χ4n) is 3.75. The van der Waals surface area contributed by atoms with Crippen LogP contribution >= 0.6 is 0 Å². The molecule has 0 unspecified atom stereocenters. The first-order valence-corrected chi connectivity index (χ1v) is 13.6. The van der Waals surface area contributed by atoms with E-state index in [9.17, 15) is 19.2 Å². The number of fused-ring (bicyclic) bond motifs is 1. The Hall–Kier alpha value is -4.54. The lowest BCUT2D eigenvalue weighted by Crippen LogP contribution is -2.30. The monoisotopic (exact) mass is 603 g/mol. The fourth-order valence-corrected chi connectivity index (χ4v) is 3.75. The average molecular weight is 604 g/mol. The maximum atomic E-state index is 12.6. The van der Waals surface area contributed by atoms with Crippen molar-refractivity contribution in [3.05, 3.63) is 45.9 Å². The number of imidazole rings is 1. The molecule has 0 bridgehead atoms. The maximum absolute atomic E-state index is 12.6. The summed E-state index contributed by atoms with van der Waals surface area (Å²) < 4.78 is 22.2. The third-order valence-electron chi connectivity index (χ3n) is 5.98. The van der Waals surface area contributed by atoms with Crippen LogP contribution in [0.15, 0.2) is 29.1 Å². The smallest absolute Gasteiger partial charge is 0.328 e. The molecule has 16 heteroatoms. The highest BCUT2D eigenvalue weighted by Crippen LogP contribution is 2.18. The van der Waals surface area contributed by atoms with Crippen molar-refractivity contribution in [3.63, 3.8) is 0 Å². The number of ether oxygens (including phenoxy) is 4. The van der Waals surface area contributed by atoms with Gasteiger partial charge in [0, 0.05) is 33.0 Å². The summed E-state index contributed by atoms with van der Waals surface area (Å²) in [6.45, 7) is 2.32. The Morgan fingerprint density at radius 2 is 1.58 bits per heavy atom. The molecule has 16 nitrogen and oxygen atoms in total. The Labute approximate surface area is 246 Å². The molecule has 2 amide bonds. The van der Waals surface area contributed by atoms with Gasteiger partial charge in [-0.05, 0) is 11.1 Å². The van der Waals surface area contributed by atoms with E-state index in [4.69, 9.17) is 29.8 Å². The number of anilines is 1. The first-order chi connectivity index (χ1) is 20.8. The largest absolute Gasteiger partial charge is 0.481 e. The topological polar surface area (TPSA) is 222 Å². The molecule has 43 heavy (non-hydrogen) atoms. The first-order valence-electron chi connectivity index (χ1n) is 13.6. The molecule has 0 atom stereocenters. The molecular weight excluding hydrogens is 566 g/mol. The standard InChI is InChI=1S/C27H37N7O9/c1-40-12-15-43-26-32-24(28)23-25(33-26)34(27(39)31-23)17-19-4-2-18(3-5-19)16-30-21(36)7-6-20(35)29-9-11-42-14-13-41-10-8-22(37)38/h2-5H,6-17H2,1H3,(H,29,35)(H,30,36)(H,31,39)(H,37,38)(H2,28,32,33). The second-order valence-electron chi connectivity index (χ2n) is 9.26. The average Bonchev–Trinajstić information content (AvgIpc) is 3.29. The van der Waals surface area contributed by atoms with E-state index in [1.165, 1.54) is 4.57 Å². The molecule has 3 rings (SSSR count). The van der Waals surface area contributed by atoms with Crippen molar-refractivity contribution in [2.45, 2.75) is 32.4 Å². The van der Waals surface area contributed by atoms with E-state index in [-0.39, 0.29) is 95.6 Å². The number of rotatable bonds is 20. The van der Waals surface area contributed by atoms with Crippen LogP contribution < -0.4 is 26.8 Å². The van der Waals surface area contributed by atoms with Crippen LogP contribution in [-0.4, -0.2) is 95.7 Å². The van der Waals surface area contributed by atoms with E-state index >= 15 is 0 Å². The van der Waals surface area contributed by atoms with Crippen LogP contribution in [0.4, 0.5) is 5.82 Å². The number of aliphatic carboxylic acids is 1. The third kappa shape index (κ3) is 11.3. The molecule has 3 aromatic rings. The summed E-state index contributed by atoms with van der Waals surface area (Å²) in [7, 11) is 1.54. The van der Waals surface area contributed by atoms with Crippen molar-refractivity contribution >= 4 is 34.8 Å². The number of hydrogen-bond acceptors (Lipinski definition) is 11. The zero-order chi connectivity index (χ0) is 31.0. The number of H-pyrrole nitrogens is 1. The molecule has 0 fully saturated rings. The highest BCUT2D eigenvalue weighted by Gasteiger charge is 2.15. The lowest BCUT2D eigenvalue weighted by molar-refractivity contribution is -0.138. The molecule has 2 aromatic heterocycles. The van der Waals surface area contributed by atoms with Crippen LogP contribution in [0.5, 0.6) is 6.01 Å². The number of aromatic amines is 1. The van der Waals surface area contributed by atoms with Crippen LogP contribution in [0, 0.1) is 0 Å². The summed E-state index contributed by atoms with van der Waals surface area (Å²) >= 11 is 0. The molecule has 234 valence electrons. The number of benzene rings is 1. The number of nitrogens with two attached hydrogens (primary N) is 1. The summed E-state index contributed by atoms with van der Waals surface area (Å²) in [5, 5.41) is 14.0. The van der Waals surface area contributed by atoms with E-state index in [1.807, 2.05) is 24.3 Å². The number of methoxy groups -OCH3 is 1. The van der Waals surface area contributed by atoms with Gasteiger partial charge in [0.05, 0.1) is 46.0 Å².